The van der Waals surface area contributed by atoms with E-state index in [1.54, 1.807) is 25.1 Å². The zero-order valence-corrected chi connectivity index (χ0v) is 8.86. The number of carbonyl (C=O) groups is 1. The van der Waals surface area contributed by atoms with Crippen molar-refractivity contribution in [1.82, 2.24) is 0 Å². The molecule has 0 aromatic heterocycles. The van der Waals surface area contributed by atoms with E-state index < -0.39 is 12.0 Å². The summed E-state index contributed by atoms with van der Waals surface area (Å²) in [5.41, 5.74) is 6.29. The highest BCUT2D eigenvalue weighted by Crippen LogP contribution is 2.23. The molecule has 0 aliphatic rings. The molecule has 1 aromatic carbocycles. The van der Waals surface area contributed by atoms with Gasteiger partial charge in [-0.25, -0.2) is 0 Å². The van der Waals surface area contributed by atoms with Gasteiger partial charge in [-0.15, -0.1) is 0 Å². The minimum absolute atomic E-state index is 0.349. The topological polar surface area (TPSA) is 72.5 Å². The number of carbonyl (C=O) groups excluding carboxylic acids is 1. The average Bonchev–Trinajstić information content (AvgIpc) is 2.16. The number of aliphatic hydroxyl groups excluding tert-OH is 1. The Bertz CT molecular complexity index is 361. The van der Waals surface area contributed by atoms with Crippen LogP contribution in [0.1, 0.15) is 22.8 Å². The van der Waals surface area contributed by atoms with E-state index in [1.165, 1.54) is 7.11 Å². The van der Waals surface area contributed by atoms with Crippen molar-refractivity contribution in [2.24, 2.45) is 5.73 Å². The molecular formula is C11H15NO3. The standard InChI is InChI=1S/C11H15NO3/c1-7(13)6-9-8(11(12)14)4-3-5-10(9)15-2/h3-5,7,13H,6H2,1-2H3,(H2,12,14)/t7-/m0/s1. The monoisotopic (exact) mass is 209 g/mol. The van der Waals surface area contributed by atoms with Crippen LogP contribution in [0.25, 0.3) is 0 Å². The van der Waals surface area contributed by atoms with Gasteiger partial charge in [-0.3, -0.25) is 4.79 Å². The lowest BCUT2D eigenvalue weighted by atomic mass is 10.0. The molecule has 15 heavy (non-hydrogen) atoms. The molecule has 0 fully saturated rings. The second-order valence-corrected chi connectivity index (χ2v) is 3.40. The van der Waals surface area contributed by atoms with Crippen LogP contribution in [0.3, 0.4) is 0 Å². The van der Waals surface area contributed by atoms with Crippen LogP contribution in [0.15, 0.2) is 18.2 Å². The molecule has 0 unspecified atom stereocenters. The molecule has 0 aliphatic carbocycles. The van der Waals surface area contributed by atoms with Crippen LogP contribution < -0.4 is 10.5 Å². The maximum absolute atomic E-state index is 11.2. The number of hydrogen-bond donors (Lipinski definition) is 2. The van der Waals surface area contributed by atoms with E-state index in [9.17, 15) is 9.90 Å². The number of methoxy groups -OCH3 is 1. The highest BCUT2D eigenvalue weighted by Gasteiger charge is 2.14. The first-order valence-electron chi connectivity index (χ1n) is 4.70. The third kappa shape index (κ3) is 2.70. The van der Waals surface area contributed by atoms with Crippen molar-refractivity contribution in [3.05, 3.63) is 29.3 Å². The summed E-state index contributed by atoms with van der Waals surface area (Å²) in [5, 5.41) is 9.32. The molecule has 82 valence electrons. The van der Waals surface area contributed by atoms with Gasteiger partial charge in [0.1, 0.15) is 5.75 Å². The predicted octanol–water partition coefficient (Wildman–Crippen LogP) is 0.717. The lowest BCUT2D eigenvalue weighted by Crippen LogP contribution is -2.17. The Morgan fingerprint density at radius 1 is 1.60 bits per heavy atom. The third-order valence-corrected chi connectivity index (χ3v) is 2.12. The first-order valence-corrected chi connectivity index (χ1v) is 4.70. The van der Waals surface area contributed by atoms with Gasteiger partial charge in [0.2, 0.25) is 5.91 Å². The summed E-state index contributed by atoms with van der Waals surface area (Å²) in [7, 11) is 1.52. The molecule has 0 aliphatic heterocycles. The molecule has 0 radical (unpaired) electrons. The summed E-state index contributed by atoms with van der Waals surface area (Å²) in [5.74, 6) is 0.0664. The van der Waals surface area contributed by atoms with Crippen LogP contribution >= 0.6 is 0 Å². The molecule has 0 saturated heterocycles. The molecule has 0 saturated carbocycles. The van der Waals surface area contributed by atoms with E-state index >= 15 is 0 Å². The maximum Gasteiger partial charge on any atom is 0.249 e. The summed E-state index contributed by atoms with van der Waals surface area (Å²) in [6.45, 7) is 1.65. The summed E-state index contributed by atoms with van der Waals surface area (Å²) in [4.78, 5) is 11.2. The van der Waals surface area contributed by atoms with Crippen molar-refractivity contribution in [1.29, 1.82) is 0 Å². The van der Waals surface area contributed by atoms with Crippen LogP contribution in [0.5, 0.6) is 5.75 Å². The van der Waals surface area contributed by atoms with Gasteiger partial charge in [-0.2, -0.15) is 0 Å². The minimum atomic E-state index is -0.542. The first-order chi connectivity index (χ1) is 7.06. The van der Waals surface area contributed by atoms with E-state index in [1.807, 2.05) is 0 Å². The Morgan fingerprint density at radius 3 is 2.73 bits per heavy atom. The number of ether oxygens (including phenoxy) is 1. The number of hydrogen-bond acceptors (Lipinski definition) is 3. The molecule has 4 heteroatoms. The van der Waals surface area contributed by atoms with Crippen molar-refractivity contribution in [3.63, 3.8) is 0 Å². The molecule has 1 atom stereocenters. The van der Waals surface area contributed by atoms with Gasteiger partial charge in [-0.05, 0) is 19.1 Å². The Kier molecular flexibility index (Phi) is 3.68. The van der Waals surface area contributed by atoms with Crippen molar-refractivity contribution < 1.29 is 14.6 Å². The van der Waals surface area contributed by atoms with Gasteiger partial charge < -0.3 is 15.6 Å². The molecule has 4 nitrogen and oxygen atoms in total. The van der Waals surface area contributed by atoms with Crippen LogP contribution in [-0.2, 0) is 6.42 Å². The predicted molar refractivity (Wildman–Crippen MR) is 56.9 cm³/mol. The lowest BCUT2D eigenvalue weighted by molar-refractivity contribution is 0.0998. The van der Waals surface area contributed by atoms with E-state index in [-0.39, 0.29) is 0 Å². The van der Waals surface area contributed by atoms with Crippen LogP contribution in [0.4, 0.5) is 0 Å². The van der Waals surface area contributed by atoms with Gasteiger partial charge in [-0.1, -0.05) is 6.07 Å². The van der Waals surface area contributed by atoms with Crippen molar-refractivity contribution in [2.75, 3.05) is 7.11 Å². The van der Waals surface area contributed by atoms with Gasteiger partial charge >= 0.3 is 0 Å². The maximum atomic E-state index is 11.2. The van der Waals surface area contributed by atoms with Crippen LogP contribution in [0.2, 0.25) is 0 Å². The smallest absolute Gasteiger partial charge is 0.249 e. The Morgan fingerprint density at radius 2 is 2.27 bits per heavy atom. The normalized spacial score (nSPS) is 12.2. The molecule has 0 spiro atoms. The fourth-order valence-corrected chi connectivity index (χ4v) is 1.49. The van der Waals surface area contributed by atoms with Crippen molar-refractivity contribution in [3.8, 4) is 5.75 Å². The van der Waals surface area contributed by atoms with Gasteiger partial charge in [0, 0.05) is 17.5 Å². The molecule has 1 aromatic rings. The highest BCUT2D eigenvalue weighted by molar-refractivity contribution is 5.95. The van der Waals surface area contributed by atoms with E-state index in [0.717, 1.165) is 0 Å². The Hall–Kier alpha value is -1.55. The summed E-state index contributed by atoms with van der Waals surface area (Å²) >= 11 is 0. The van der Waals surface area contributed by atoms with Crippen molar-refractivity contribution >= 4 is 5.91 Å². The molecule has 1 rings (SSSR count). The highest BCUT2D eigenvalue weighted by atomic mass is 16.5. The summed E-state index contributed by atoms with van der Waals surface area (Å²) < 4.78 is 5.12. The molecule has 1 amide bonds. The zero-order chi connectivity index (χ0) is 11.4. The molecule has 3 N–H and O–H groups in total. The fourth-order valence-electron chi connectivity index (χ4n) is 1.49. The molecular weight excluding hydrogens is 194 g/mol. The van der Waals surface area contributed by atoms with Gasteiger partial charge in [0.15, 0.2) is 0 Å². The first kappa shape index (κ1) is 11.5. The van der Waals surface area contributed by atoms with Crippen LogP contribution in [0, 0.1) is 0 Å². The summed E-state index contributed by atoms with van der Waals surface area (Å²) in [6, 6.07) is 5.07. The SMILES string of the molecule is COc1cccc(C(N)=O)c1C[C@H](C)O. The Labute approximate surface area is 88.7 Å². The lowest BCUT2D eigenvalue weighted by Gasteiger charge is -2.13. The fraction of sp³-hybridized carbons (Fsp3) is 0.364. The second kappa shape index (κ2) is 4.79. The van der Waals surface area contributed by atoms with E-state index in [4.69, 9.17) is 10.5 Å². The molecule has 0 heterocycles. The number of primary amides is 1. The second-order valence-electron chi connectivity index (χ2n) is 3.40. The number of rotatable bonds is 4. The number of aliphatic hydroxyl groups is 1. The van der Waals surface area contributed by atoms with Crippen molar-refractivity contribution in [2.45, 2.75) is 19.4 Å². The number of nitrogens with two attached hydrogens (primary N) is 1. The Balaban J connectivity index is 3.20. The number of amides is 1. The molecule has 0 bridgehead atoms. The largest absolute Gasteiger partial charge is 0.496 e. The van der Waals surface area contributed by atoms with E-state index in [0.29, 0.717) is 23.3 Å². The number of benzene rings is 1. The summed E-state index contributed by atoms with van der Waals surface area (Å²) in [6.07, 6.45) is -0.193. The van der Waals surface area contributed by atoms with Gasteiger partial charge in [0.05, 0.1) is 13.2 Å². The third-order valence-electron chi connectivity index (χ3n) is 2.12. The van der Waals surface area contributed by atoms with Crippen LogP contribution in [-0.4, -0.2) is 24.2 Å². The van der Waals surface area contributed by atoms with Gasteiger partial charge in [0.25, 0.3) is 0 Å². The van der Waals surface area contributed by atoms with E-state index in [2.05, 4.69) is 0 Å². The zero-order valence-electron chi connectivity index (χ0n) is 8.86. The quantitative estimate of drug-likeness (QED) is 0.767. The minimum Gasteiger partial charge on any atom is -0.496 e. The average molecular weight is 209 g/mol.